The van der Waals surface area contributed by atoms with E-state index < -0.39 is 0 Å². The molecule has 0 bridgehead atoms. The van der Waals surface area contributed by atoms with Crippen molar-refractivity contribution in [2.75, 3.05) is 17.6 Å². The average molecular weight is 420 g/mol. The lowest BCUT2D eigenvalue weighted by Gasteiger charge is -2.14. The number of benzene rings is 2. The molecule has 0 spiro atoms. The van der Waals surface area contributed by atoms with Crippen LogP contribution in [0.5, 0.6) is 0 Å². The first-order valence-electron chi connectivity index (χ1n) is 10.3. The quantitative estimate of drug-likeness (QED) is 0.327. The highest BCUT2D eigenvalue weighted by atomic mass is 16.1. The molecule has 3 rings (SSSR count). The summed E-state index contributed by atoms with van der Waals surface area (Å²) in [5.41, 5.74) is 10.5. The molecule has 0 radical (unpaired) electrons. The fourth-order valence-electron chi connectivity index (χ4n) is 3.26. The summed E-state index contributed by atoms with van der Waals surface area (Å²) >= 11 is 0. The van der Waals surface area contributed by atoms with Crippen molar-refractivity contribution in [2.45, 2.75) is 27.2 Å². The minimum atomic E-state index is -0.0889. The van der Waals surface area contributed by atoms with E-state index in [1.54, 1.807) is 22.9 Å². The van der Waals surface area contributed by atoms with E-state index in [-0.39, 0.29) is 5.91 Å². The molecule has 1 amide bonds. The van der Waals surface area contributed by atoms with Gasteiger partial charge in [0.25, 0.3) is 5.91 Å². The number of amides is 1. The van der Waals surface area contributed by atoms with Gasteiger partial charge in [-0.15, -0.1) is 5.10 Å². The number of rotatable bonds is 8. The molecule has 5 N–H and O–H groups in total. The van der Waals surface area contributed by atoms with Gasteiger partial charge in [0.1, 0.15) is 0 Å². The number of carbonyl (C=O) groups excluding carboxylic acids is 1. The molecule has 0 atom stereocenters. The molecular formula is C23H29N7O. The maximum atomic E-state index is 12.2. The monoisotopic (exact) mass is 419 g/mol. The summed E-state index contributed by atoms with van der Waals surface area (Å²) in [7, 11) is 1.81. The summed E-state index contributed by atoms with van der Waals surface area (Å²) in [4.78, 5) is 16.8. The molecule has 1 heterocycles. The Morgan fingerprint density at radius 2 is 1.94 bits per heavy atom. The molecule has 0 aliphatic heterocycles. The fourth-order valence-corrected chi connectivity index (χ4v) is 3.26. The lowest BCUT2D eigenvalue weighted by atomic mass is 10.0. The van der Waals surface area contributed by atoms with Gasteiger partial charge in [0, 0.05) is 47.9 Å². The predicted octanol–water partition coefficient (Wildman–Crippen LogP) is 3.75. The number of aromatic nitrogens is 3. The highest BCUT2D eigenvalue weighted by Gasteiger charge is 2.14. The van der Waals surface area contributed by atoms with Crippen LogP contribution in [0.4, 0.5) is 17.3 Å². The topological polar surface area (TPSA) is 122 Å². The Bertz CT molecular complexity index is 1080. The van der Waals surface area contributed by atoms with Crippen LogP contribution >= 0.6 is 0 Å². The number of nitrogens with two attached hydrogens (primary N) is 1. The maximum Gasteiger partial charge on any atom is 0.251 e. The molecule has 0 aliphatic carbocycles. The second kappa shape index (κ2) is 9.42. The number of nitrogen functional groups attached to an aromatic ring is 1. The molecule has 1 aromatic heterocycles. The third-order valence-electron chi connectivity index (χ3n) is 4.97. The third-order valence-corrected chi connectivity index (χ3v) is 4.97. The maximum absolute atomic E-state index is 12.2. The SMILES string of the molecule is CCc1c(Nc2nc(-c3ccc(C(=O)NCC(C)C)cc3)nn2C)ccc(N)c1C=N. The van der Waals surface area contributed by atoms with E-state index in [2.05, 4.69) is 34.6 Å². The van der Waals surface area contributed by atoms with E-state index in [4.69, 9.17) is 11.1 Å². The van der Waals surface area contributed by atoms with Gasteiger partial charge < -0.3 is 21.8 Å². The molecule has 0 saturated carbocycles. The third kappa shape index (κ3) is 4.91. The van der Waals surface area contributed by atoms with Gasteiger partial charge >= 0.3 is 0 Å². The predicted molar refractivity (Wildman–Crippen MR) is 125 cm³/mol. The van der Waals surface area contributed by atoms with E-state index in [1.807, 2.05) is 32.2 Å². The second-order valence-corrected chi connectivity index (χ2v) is 7.78. The largest absolute Gasteiger partial charge is 0.398 e. The van der Waals surface area contributed by atoms with Crippen LogP contribution in [0.15, 0.2) is 36.4 Å². The molecule has 0 saturated heterocycles. The van der Waals surface area contributed by atoms with E-state index in [0.29, 0.717) is 41.0 Å². The van der Waals surface area contributed by atoms with Crippen molar-refractivity contribution in [3.63, 3.8) is 0 Å². The molecule has 0 aliphatic rings. The van der Waals surface area contributed by atoms with E-state index in [9.17, 15) is 4.79 Å². The number of carbonyl (C=O) groups is 1. The highest BCUT2D eigenvalue weighted by Crippen LogP contribution is 2.28. The van der Waals surface area contributed by atoms with Crippen LogP contribution in [0.3, 0.4) is 0 Å². The summed E-state index contributed by atoms with van der Waals surface area (Å²) in [6, 6.07) is 10.9. The average Bonchev–Trinajstić information content (AvgIpc) is 3.13. The summed E-state index contributed by atoms with van der Waals surface area (Å²) in [5.74, 6) is 1.44. The lowest BCUT2D eigenvalue weighted by Crippen LogP contribution is -2.27. The number of anilines is 3. The van der Waals surface area contributed by atoms with Gasteiger partial charge in [-0.25, -0.2) is 4.68 Å². The van der Waals surface area contributed by atoms with Gasteiger partial charge in [-0.05, 0) is 42.2 Å². The zero-order valence-electron chi connectivity index (χ0n) is 18.4. The van der Waals surface area contributed by atoms with Crippen molar-refractivity contribution < 1.29 is 4.79 Å². The van der Waals surface area contributed by atoms with Crippen LogP contribution in [0.25, 0.3) is 11.4 Å². The van der Waals surface area contributed by atoms with Crippen LogP contribution < -0.4 is 16.4 Å². The van der Waals surface area contributed by atoms with Crippen molar-refractivity contribution in [2.24, 2.45) is 13.0 Å². The van der Waals surface area contributed by atoms with Crippen molar-refractivity contribution in [1.82, 2.24) is 20.1 Å². The number of hydrogen-bond donors (Lipinski definition) is 4. The normalized spacial score (nSPS) is 10.9. The Kier molecular flexibility index (Phi) is 6.69. The Hall–Kier alpha value is -3.68. The van der Waals surface area contributed by atoms with Crippen LogP contribution in [0.1, 0.15) is 42.3 Å². The van der Waals surface area contributed by atoms with Crippen molar-refractivity contribution in [3.8, 4) is 11.4 Å². The summed E-state index contributed by atoms with van der Waals surface area (Å²) in [6.45, 7) is 6.78. The number of nitrogens with zero attached hydrogens (tertiary/aromatic N) is 3. The Morgan fingerprint density at radius 3 is 2.55 bits per heavy atom. The first-order chi connectivity index (χ1) is 14.8. The zero-order chi connectivity index (χ0) is 22.5. The van der Waals surface area contributed by atoms with Crippen molar-refractivity contribution in [1.29, 1.82) is 5.41 Å². The van der Waals surface area contributed by atoms with E-state index in [1.165, 1.54) is 6.21 Å². The zero-order valence-corrected chi connectivity index (χ0v) is 18.4. The standard InChI is InChI=1S/C23H29N7O/c1-5-17-18(12-24)19(25)10-11-20(17)27-23-28-21(29-30(23)4)15-6-8-16(9-7-15)22(31)26-13-14(2)3/h6-12,14,24H,5,13,25H2,1-4H3,(H,26,31)(H,27,28,29). The second-order valence-electron chi connectivity index (χ2n) is 7.78. The van der Waals surface area contributed by atoms with Crippen LogP contribution in [0.2, 0.25) is 0 Å². The van der Waals surface area contributed by atoms with Gasteiger partial charge in [0.15, 0.2) is 5.82 Å². The minimum absolute atomic E-state index is 0.0889. The Labute approximate surface area is 182 Å². The molecule has 31 heavy (non-hydrogen) atoms. The summed E-state index contributed by atoms with van der Waals surface area (Å²) in [6.07, 6.45) is 2.00. The first-order valence-corrected chi connectivity index (χ1v) is 10.3. The van der Waals surface area contributed by atoms with Crippen molar-refractivity contribution >= 4 is 29.4 Å². The molecule has 0 fully saturated rings. The summed E-state index contributed by atoms with van der Waals surface area (Å²) in [5, 5.41) is 18.4. The van der Waals surface area contributed by atoms with Gasteiger partial charge in [-0.3, -0.25) is 4.79 Å². The van der Waals surface area contributed by atoms with Crippen molar-refractivity contribution in [3.05, 3.63) is 53.1 Å². The Balaban J connectivity index is 1.82. The molecule has 0 unspecified atom stereocenters. The highest BCUT2D eigenvalue weighted by molar-refractivity contribution is 5.94. The van der Waals surface area contributed by atoms with E-state index in [0.717, 1.165) is 23.2 Å². The molecule has 3 aromatic rings. The minimum Gasteiger partial charge on any atom is -0.398 e. The molecule has 8 heteroatoms. The van der Waals surface area contributed by atoms with Gasteiger partial charge in [0.2, 0.25) is 5.95 Å². The number of nitrogens with one attached hydrogen (secondary N) is 3. The molecule has 162 valence electrons. The summed E-state index contributed by atoms with van der Waals surface area (Å²) < 4.78 is 1.67. The smallest absolute Gasteiger partial charge is 0.251 e. The number of aryl methyl sites for hydroxylation is 1. The number of hydrogen-bond acceptors (Lipinski definition) is 6. The molecule has 2 aromatic carbocycles. The van der Waals surface area contributed by atoms with Gasteiger partial charge in [-0.1, -0.05) is 32.9 Å². The van der Waals surface area contributed by atoms with Crippen LogP contribution in [-0.4, -0.2) is 33.4 Å². The first kappa shape index (κ1) is 22.0. The van der Waals surface area contributed by atoms with E-state index >= 15 is 0 Å². The van der Waals surface area contributed by atoms with Crippen LogP contribution in [-0.2, 0) is 13.5 Å². The Morgan fingerprint density at radius 1 is 1.23 bits per heavy atom. The fraction of sp³-hybridized carbons (Fsp3) is 0.304. The molecule has 8 nitrogen and oxygen atoms in total. The lowest BCUT2D eigenvalue weighted by molar-refractivity contribution is 0.0949. The van der Waals surface area contributed by atoms with Crippen LogP contribution in [0, 0.1) is 11.3 Å². The van der Waals surface area contributed by atoms with Gasteiger partial charge in [0.05, 0.1) is 0 Å². The molecular weight excluding hydrogens is 390 g/mol. The van der Waals surface area contributed by atoms with Gasteiger partial charge in [-0.2, -0.15) is 4.98 Å².